The molecule has 25 heavy (non-hydrogen) atoms. The number of amides is 2. The van der Waals surface area contributed by atoms with Crippen molar-refractivity contribution in [3.05, 3.63) is 29.8 Å². The third-order valence-electron chi connectivity index (χ3n) is 5.28. The minimum absolute atomic E-state index is 0.0971. The standard InChI is InChI=1S/C20H25NO4/c1-3-4-11-25-20(24)14-6-8-15(9-7-14)21-18(22)16-10-5-13(2)12-17(16)19(21)23/h6-9,13,16-17H,3-5,10-12H2,1-2H3/t13-,16+,17+/m0/s1. The first-order valence-corrected chi connectivity index (χ1v) is 9.18. The molecular formula is C20H25NO4. The molecule has 5 nitrogen and oxygen atoms in total. The zero-order chi connectivity index (χ0) is 18.0. The molecule has 5 heteroatoms. The maximum Gasteiger partial charge on any atom is 0.338 e. The SMILES string of the molecule is CCCCOC(=O)c1ccc(N2C(=O)[C@@H]3CC[C@H](C)C[C@H]3C2=O)cc1. The highest BCUT2D eigenvalue weighted by Crippen LogP contribution is 2.42. The van der Waals surface area contributed by atoms with Gasteiger partial charge in [0, 0.05) is 0 Å². The minimum atomic E-state index is -0.374. The molecule has 0 radical (unpaired) electrons. The first-order valence-electron chi connectivity index (χ1n) is 9.18. The Balaban J connectivity index is 1.73. The maximum atomic E-state index is 12.7. The summed E-state index contributed by atoms with van der Waals surface area (Å²) in [5, 5.41) is 0. The van der Waals surface area contributed by atoms with Gasteiger partial charge in [0.15, 0.2) is 0 Å². The van der Waals surface area contributed by atoms with Gasteiger partial charge in [0.25, 0.3) is 0 Å². The average Bonchev–Trinajstić information content (AvgIpc) is 2.85. The second-order valence-electron chi connectivity index (χ2n) is 7.18. The minimum Gasteiger partial charge on any atom is -0.462 e. The summed E-state index contributed by atoms with van der Waals surface area (Å²) in [4.78, 5) is 38.6. The summed E-state index contributed by atoms with van der Waals surface area (Å²) < 4.78 is 5.18. The van der Waals surface area contributed by atoms with Crippen molar-refractivity contribution in [2.24, 2.45) is 17.8 Å². The van der Waals surface area contributed by atoms with Crippen LogP contribution in [0.1, 0.15) is 56.3 Å². The second-order valence-corrected chi connectivity index (χ2v) is 7.18. The van der Waals surface area contributed by atoms with Gasteiger partial charge in [-0.3, -0.25) is 14.5 Å². The summed E-state index contributed by atoms with van der Waals surface area (Å²) in [6.07, 6.45) is 4.37. The van der Waals surface area contributed by atoms with Crippen molar-refractivity contribution in [1.82, 2.24) is 0 Å². The number of esters is 1. The number of benzene rings is 1. The van der Waals surface area contributed by atoms with E-state index in [1.807, 2.05) is 6.92 Å². The molecule has 1 aliphatic carbocycles. The van der Waals surface area contributed by atoms with Crippen LogP contribution in [0, 0.1) is 17.8 Å². The van der Waals surface area contributed by atoms with Crippen LogP contribution >= 0.6 is 0 Å². The van der Waals surface area contributed by atoms with Gasteiger partial charge in [-0.25, -0.2) is 4.79 Å². The molecule has 3 rings (SSSR count). The normalized spacial score (nSPS) is 25.8. The van der Waals surface area contributed by atoms with E-state index in [2.05, 4.69) is 6.92 Å². The number of imide groups is 1. The van der Waals surface area contributed by atoms with Crippen LogP contribution in [0.15, 0.2) is 24.3 Å². The number of ether oxygens (including phenoxy) is 1. The number of hydrogen-bond acceptors (Lipinski definition) is 4. The number of hydrogen-bond donors (Lipinski definition) is 0. The molecule has 0 aromatic heterocycles. The fraction of sp³-hybridized carbons (Fsp3) is 0.550. The lowest BCUT2D eigenvalue weighted by Gasteiger charge is -2.25. The average molecular weight is 343 g/mol. The Hall–Kier alpha value is -2.17. The highest BCUT2D eigenvalue weighted by Gasteiger charge is 2.49. The molecule has 1 saturated carbocycles. The van der Waals surface area contributed by atoms with E-state index in [9.17, 15) is 14.4 Å². The third-order valence-corrected chi connectivity index (χ3v) is 5.28. The monoisotopic (exact) mass is 343 g/mol. The van der Waals surface area contributed by atoms with Crippen molar-refractivity contribution in [2.75, 3.05) is 11.5 Å². The summed E-state index contributed by atoms with van der Waals surface area (Å²) in [5.74, 6) is -0.447. The van der Waals surface area contributed by atoms with E-state index >= 15 is 0 Å². The number of unbranched alkanes of at least 4 members (excludes halogenated alkanes) is 1. The van der Waals surface area contributed by atoms with Crippen LogP contribution in [0.2, 0.25) is 0 Å². The number of carbonyl (C=O) groups excluding carboxylic acids is 3. The highest BCUT2D eigenvalue weighted by atomic mass is 16.5. The third kappa shape index (κ3) is 3.46. The number of anilines is 1. The predicted molar refractivity (Wildman–Crippen MR) is 94.1 cm³/mol. The highest BCUT2D eigenvalue weighted by molar-refractivity contribution is 6.22. The summed E-state index contributed by atoms with van der Waals surface area (Å²) in [7, 11) is 0. The summed E-state index contributed by atoms with van der Waals surface area (Å²) >= 11 is 0. The van der Waals surface area contributed by atoms with Crippen LogP contribution in [0.25, 0.3) is 0 Å². The molecule has 0 bridgehead atoms. The first-order chi connectivity index (χ1) is 12.0. The van der Waals surface area contributed by atoms with Crippen LogP contribution in [0.3, 0.4) is 0 Å². The van der Waals surface area contributed by atoms with E-state index < -0.39 is 0 Å². The summed E-state index contributed by atoms with van der Waals surface area (Å²) in [6.45, 7) is 4.57. The van der Waals surface area contributed by atoms with Crippen LogP contribution in [-0.4, -0.2) is 24.4 Å². The van der Waals surface area contributed by atoms with Gasteiger partial charge < -0.3 is 4.74 Å². The molecule has 0 N–H and O–H groups in total. The van der Waals surface area contributed by atoms with Crippen molar-refractivity contribution in [1.29, 1.82) is 0 Å². The van der Waals surface area contributed by atoms with E-state index in [0.29, 0.717) is 23.8 Å². The number of rotatable bonds is 5. The zero-order valence-corrected chi connectivity index (χ0v) is 14.9. The molecule has 3 atom stereocenters. The molecule has 1 aromatic carbocycles. The van der Waals surface area contributed by atoms with Gasteiger partial charge >= 0.3 is 5.97 Å². The maximum absolute atomic E-state index is 12.7. The Morgan fingerprint density at radius 2 is 1.80 bits per heavy atom. The zero-order valence-electron chi connectivity index (χ0n) is 14.9. The van der Waals surface area contributed by atoms with Gasteiger partial charge in [-0.05, 0) is 55.9 Å². The van der Waals surface area contributed by atoms with E-state index in [-0.39, 0.29) is 29.6 Å². The molecule has 1 heterocycles. The van der Waals surface area contributed by atoms with Gasteiger partial charge in [0.05, 0.1) is 29.7 Å². The Morgan fingerprint density at radius 3 is 2.48 bits per heavy atom. The molecule has 1 aromatic rings. The molecule has 1 saturated heterocycles. The largest absolute Gasteiger partial charge is 0.462 e. The fourth-order valence-corrected chi connectivity index (χ4v) is 3.78. The molecule has 1 aliphatic heterocycles. The van der Waals surface area contributed by atoms with Gasteiger partial charge in [0.1, 0.15) is 0 Å². The topological polar surface area (TPSA) is 63.7 Å². The number of nitrogens with zero attached hydrogens (tertiary/aromatic N) is 1. The fourth-order valence-electron chi connectivity index (χ4n) is 3.78. The van der Waals surface area contributed by atoms with Crippen LogP contribution in [0.5, 0.6) is 0 Å². The van der Waals surface area contributed by atoms with E-state index in [4.69, 9.17) is 4.74 Å². The van der Waals surface area contributed by atoms with Crippen LogP contribution in [-0.2, 0) is 14.3 Å². The lowest BCUT2D eigenvalue weighted by Crippen LogP contribution is -2.30. The molecule has 0 spiro atoms. The molecule has 134 valence electrons. The summed E-state index contributed by atoms with van der Waals surface area (Å²) in [6, 6.07) is 6.56. The Kier molecular flexibility index (Phi) is 5.21. The van der Waals surface area contributed by atoms with Gasteiger partial charge in [-0.1, -0.05) is 20.3 Å². The molecule has 2 fully saturated rings. The van der Waals surface area contributed by atoms with Gasteiger partial charge in [-0.15, -0.1) is 0 Å². The second kappa shape index (κ2) is 7.38. The summed E-state index contributed by atoms with van der Waals surface area (Å²) in [5.41, 5.74) is 0.979. The van der Waals surface area contributed by atoms with Crippen molar-refractivity contribution in [2.45, 2.75) is 46.0 Å². The molecule has 2 aliphatic rings. The number of carbonyl (C=O) groups is 3. The molecule has 0 unspecified atom stereocenters. The van der Waals surface area contributed by atoms with Gasteiger partial charge in [-0.2, -0.15) is 0 Å². The lowest BCUT2D eigenvalue weighted by atomic mass is 9.76. The Morgan fingerprint density at radius 1 is 1.12 bits per heavy atom. The Labute approximate surface area is 148 Å². The predicted octanol–water partition coefficient (Wildman–Crippen LogP) is 3.57. The van der Waals surface area contributed by atoms with Crippen molar-refractivity contribution >= 4 is 23.5 Å². The first kappa shape index (κ1) is 17.6. The van der Waals surface area contributed by atoms with Crippen LogP contribution in [0.4, 0.5) is 5.69 Å². The quantitative estimate of drug-likeness (QED) is 0.466. The van der Waals surface area contributed by atoms with Crippen molar-refractivity contribution in [3.8, 4) is 0 Å². The smallest absolute Gasteiger partial charge is 0.338 e. The van der Waals surface area contributed by atoms with Crippen molar-refractivity contribution in [3.63, 3.8) is 0 Å². The van der Waals surface area contributed by atoms with Crippen LogP contribution < -0.4 is 4.90 Å². The van der Waals surface area contributed by atoms with E-state index in [1.54, 1.807) is 24.3 Å². The van der Waals surface area contributed by atoms with E-state index in [1.165, 1.54) is 4.90 Å². The van der Waals surface area contributed by atoms with Gasteiger partial charge in [0.2, 0.25) is 11.8 Å². The lowest BCUT2D eigenvalue weighted by molar-refractivity contribution is -0.122. The number of fused-ring (bicyclic) bond motifs is 1. The molecular weight excluding hydrogens is 318 g/mol. The Bertz CT molecular complexity index is 667. The van der Waals surface area contributed by atoms with Crippen molar-refractivity contribution < 1.29 is 19.1 Å². The van der Waals surface area contributed by atoms with E-state index in [0.717, 1.165) is 32.1 Å². The molecule has 2 amide bonds.